The molecule has 4 aromatic rings. The van der Waals surface area contributed by atoms with E-state index in [1.54, 1.807) is 37.5 Å². The van der Waals surface area contributed by atoms with E-state index in [0.29, 0.717) is 43.8 Å². The summed E-state index contributed by atoms with van der Waals surface area (Å²) >= 11 is 1.33. The highest BCUT2D eigenvalue weighted by Crippen LogP contribution is 2.38. The summed E-state index contributed by atoms with van der Waals surface area (Å²) in [7, 11) is 0. The number of ether oxygens (including phenoxy) is 2. The quantitative estimate of drug-likeness (QED) is 0.334. The van der Waals surface area contributed by atoms with Gasteiger partial charge in [-0.1, -0.05) is 12.1 Å². The molecule has 7 nitrogen and oxygen atoms in total. The van der Waals surface area contributed by atoms with Crippen molar-refractivity contribution < 1.29 is 32.5 Å². The molecule has 0 saturated carbocycles. The lowest BCUT2D eigenvalue weighted by Crippen LogP contribution is -2.10. The van der Waals surface area contributed by atoms with Crippen LogP contribution in [0, 0.1) is 6.92 Å². The van der Waals surface area contributed by atoms with E-state index in [1.165, 1.54) is 29.8 Å². The Balaban J connectivity index is 1.58. The van der Waals surface area contributed by atoms with E-state index in [1.807, 2.05) is 0 Å². The third kappa shape index (κ3) is 5.93. The monoisotopic (exact) mass is 501 g/mol. The normalized spacial score (nSPS) is 11.3. The van der Waals surface area contributed by atoms with Gasteiger partial charge in [0.15, 0.2) is 6.61 Å². The lowest BCUT2D eigenvalue weighted by Gasteiger charge is -2.09. The molecule has 0 unspecified atom stereocenters. The summed E-state index contributed by atoms with van der Waals surface area (Å²) in [6.45, 7) is 1.43. The molecule has 35 heavy (non-hydrogen) atoms. The van der Waals surface area contributed by atoms with Gasteiger partial charge in [-0.3, -0.25) is 0 Å². The third-order valence-electron chi connectivity index (χ3n) is 4.84. The molecule has 0 aliphatic heterocycles. The van der Waals surface area contributed by atoms with E-state index in [0.717, 1.165) is 12.1 Å². The van der Waals surface area contributed by atoms with Crippen LogP contribution in [0.3, 0.4) is 0 Å². The highest BCUT2D eigenvalue weighted by molar-refractivity contribution is 7.15. The summed E-state index contributed by atoms with van der Waals surface area (Å²) in [5.41, 5.74) is 1.68. The van der Waals surface area contributed by atoms with E-state index >= 15 is 0 Å². The molecule has 180 valence electrons. The number of aromatic nitrogens is 3. The zero-order chi connectivity index (χ0) is 25.0. The second kappa shape index (κ2) is 10.1. The number of thiazole rings is 1. The minimum absolute atomic E-state index is 0.112. The first-order valence-electron chi connectivity index (χ1n) is 10.2. The van der Waals surface area contributed by atoms with Gasteiger partial charge in [0.05, 0.1) is 16.1 Å². The minimum Gasteiger partial charge on any atom is -0.486 e. The molecule has 11 heteroatoms. The number of hydrogen-bond donors (Lipinski definition) is 1. The standard InChI is InChI=1S/C24H18F3N3O4S/c1-14-8-18(6-7-19(14)34-12-21(31)32)33-11-20-30-22(23(35-20)16-9-28-13-29-10-16)15-2-4-17(5-3-15)24(25,26)27/h2-10,13H,11-12H2,1H3,(H,31,32). The fourth-order valence-corrected chi connectivity index (χ4v) is 4.18. The second-order valence-corrected chi connectivity index (χ2v) is 8.47. The van der Waals surface area contributed by atoms with Crippen molar-refractivity contribution in [2.24, 2.45) is 0 Å². The van der Waals surface area contributed by atoms with E-state index in [4.69, 9.17) is 14.6 Å². The number of carboxylic acids is 1. The van der Waals surface area contributed by atoms with E-state index in [9.17, 15) is 18.0 Å². The summed E-state index contributed by atoms with van der Waals surface area (Å²) < 4.78 is 50.0. The number of aryl methyl sites for hydroxylation is 1. The van der Waals surface area contributed by atoms with Crippen molar-refractivity contribution >= 4 is 17.3 Å². The smallest absolute Gasteiger partial charge is 0.416 e. The van der Waals surface area contributed by atoms with Crippen LogP contribution in [-0.4, -0.2) is 32.6 Å². The lowest BCUT2D eigenvalue weighted by atomic mass is 10.1. The van der Waals surface area contributed by atoms with E-state index in [-0.39, 0.29) is 6.61 Å². The van der Waals surface area contributed by atoms with Gasteiger partial charge in [0, 0.05) is 23.5 Å². The summed E-state index contributed by atoms with van der Waals surface area (Å²) in [5.74, 6) is -0.108. The molecular weight excluding hydrogens is 483 g/mol. The number of carbonyl (C=O) groups is 1. The molecule has 2 aromatic heterocycles. The molecule has 0 spiro atoms. The predicted molar refractivity (Wildman–Crippen MR) is 122 cm³/mol. The first kappa shape index (κ1) is 24.1. The van der Waals surface area contributed by atoms with E-state index in [2.05, 4.69) is 15.0 Å². The van der Waals surface area contributed by atoms with Gasteiger partial charge < -0.3 is 14.6 Å². The molecule has 0 bridgehead atoms. The summed E-state index contributed by atoms with van der Waals surface area (Å²) in [6.07, 6.45) is 0.177. The number of rotatable bonds is 8. The van der Waals surface area contributed by atoms with Crippen molar-refractivity contribution in [3.63, 3.8) is 0 Å². The highest BCUT2D eigenvalue weighted by atomic mass is 32.1. The molecule has 1 N–H and O–H groups in total. The summed E-state index contributed by atoms with van der Waals surface area (Å²) in [4.78, 5) is 24.1. The molecule has 2 heterocycles. The van der Waals surface area contributed by atoms with Crippen molar-refractivity contribution in [3.05, 3.63) is 77.3 Å². The van der Waals surface area contributed by atoms with Crippen LogP contribution in [0.2, 0.25) is 0 Å². The van der Waals surface area contributed by atoms with Gasteiger partial charge in [0.25, 0.3) is 0 Å². The van der Waals surface area contributed by atoms with Crippen molar-refractivity contribution in [1.29, 1.82) is 0 Å². The first-order valence-corrected chi connectivity index (χ1v) is 11.0. The zero-order valence-electron chi connectivity index (χ0n) is 18.2. The van der Waals surface area contributed by atoms with Crippen LogP contribution < -0.4 is 9.47 Å². The molecule has 0 saturated heterocycles. The Morgan fingerprint density at radius 2 is 1.74 bits per heavy atom. The van der Waals surface area contributed by atoms with Gasteiger partial charge in [-0.15, -0.1) is 11.3 Å². The second-order valence-electron chi connectivity index (χ2n) is 7.39. The molecule has 0 amide bonds. The minimum atomic E-state index is -4.43. The molecule has 0 aliphatic rings. The van der Waals surface area contributed by atoms with Crippen molar-refractivity contribution in [2.45, 2.75) is 19.7 Å². The molecule has 0 fully saturated rings. The van der Waals surface area contributed by atoms with Crippen LogP contribution in [0.25, 0.3) is 21.7 Å². The molecule has 0 aliphatic carbocycles. The number of halogens is 3. The molecule has 2 aromatic carbocycles. The maximum atomic E-state index is 13.0. The van der Waals surface area contributed by atoms with Gasteiger partial charge >= 0.3 is 12.1 Å². The Morgan fingerprint density at radius 3 is 2.37 bits per heavy atom. The molecule has 0 radical (unpaired) electrons. The van der Waals surface area contributed by atoms with Crippen molar-refractivity contribution in [2.75, 3.05) is 6.61 Å². The first-order chi connectivity index (χ1) is 16.7. The van der Waals surface area contributed by atoms with Crippen molar-refractivity contribution in [1.82, 2.24) is 15.0 Å². The summed E-state index contributed by atoms with van der Waals surface area (Å²) in [6, 6.07) is 9.80. The fourth-order valence-electron chi connectivity index (χ4n) is 3.21. The van der Waals surface area contributed by atoms with Gasteiger partial charge in [0.1, 0.15) is 29.4 Å². The topological polar surface area (TPSA) is 94.4 Å². The average Bonchev–Trinajstić information content (AvgIpc) is 3.26. The number of alkyl halides is 3. The highest BCUT2D eigenvalue weighted by Gasteiger charge is 2.30. The van der Waals surface area contributed by atoms with Crippen LogP contribution in [0.4, 0.5) is 13.2 Å². The third-order valence-corrected chi connectivity index (χ3v) is 5.92. The number of benzene rings is 2. The predicted octanol–water partition coefficient (Wildman–Crippen LogP) is 5.64. The number of nitrogens with zero attached hydrogens (tertiary/aromatic N) is 3. The van der Waals surface area contributed by atoms with Crippen LogP contribution in [0.15, 0.2) is 61.2 Å². The van der Waals surface area contributed by atoms with Gasteiger partial charge in [-0.25, -0.2) is 19.7 Å². The molecule has 4 rings (SSSR count). The van der Waals surface area contributed by atoms with Gasteiger partial charge in [-0.05, 0) is 42.8 Å². The average molecular weight is 501 g/mol. The Hall–Kier alpha value is -3.99. The van der Waals surface area contributed by atoms with Crippen LogP contribution in [0.1, 0.15) is 16.1 Å². The maximum absolute atomic E-state index is 13.0. The molecule has 0 atom stereocenters. The van der Waals surface area contributed by atoms with Crippen LogP contribution in [-0.2, 0) is 17.6 Å². The van der Waals surface area contributed by atoms with E-state index < -0.39 is 24.3 Å². The largest absolute Gasteiger partial charge is 0.486 e. The molecular formula is C24H18F3N3O4S. The van der Waals surface area contributed by atoms with Crippen molar-refractivity contribution in [3.8, 4) is 33.2 Å². The lowest BCUT2D eigenvalue weighted by molar-refractivity contribution is -0.139. The number of hydrogen-bond acceptors (Lipinski definition) is 7. The fraction of sp³-hybridized carbons (Fsp3) is 0.167. The zero-order valence-corrected chi connectivity index (χ0v) is 19.1. The number of carboxylic acid groups (broad SMARTS) is 1. The van der Waals surface area contributed by atoms with Crippen LogP contribution in [0.5, 0.6) is 11.5 Å². The van der Waals surface area contributed by atoms with Gasteiger partial charge in [-0.2, -0.15) is 13.2 Å². The number of aliphatic carboxylic acids is 1. The Bertz CT molecular complexity index is 1330. The Morgan fingerprint density at radius 1 is 1.03 bits per heavy atom. The van der Waals surface area contributed by atoms with Crippen LogP contribution >= 0.6 is 11.3 Å². The Kier molecular flexibility index (Phi) is 6.97. The summed E-state index contributed by atoms with van der Waals surface area (Å²) in [5, 5.41) is 9.36. The van der Waals surface area contributed by atoms with Gasteiger partial charge in [0.2, 0.25) is 0 Å². The SMILES string of the molecule is Cc1cc(OCc2nc(-c3ccc(C(F)(F)F)cc3)c(-c3cncnc3)s2)ccc1OCC(=O)O. The maximum Gasteiger partial charge on any atom is 0.416 e. The Labute approximate surface area is 201 Å².